The molecule has 3 N–H and O–H groups in total. The van der Waals surface area contributed by atoms with Crippen LogP contribution >= 0.6 is 0 Å². The van der Waals surface area contributed by atoms with Crippen LogP contribution in [0.3, 0.4) is 0 Å². The molecule has 14 heavy (non-hydrogen) atoms. The molecule has 1 rings (SSSR count). The lowest BCUT2D eigenvalue weighted by Gasteiger charge is -2.34. The van der Waals surface area contributed by atoms with Crippen molar-refractivity contribution in [3.8, 4) is 0 Å². The highest BCUT2D eigenvalue weighted by atomic mass is 32.2. The van der Waals surface area contributed by atoms with Crippen LogP contribution in [0.25, 0.3) is 0 Å². The molecule has 5 heteroatoms. The van der Waals surface area contributed by atoms with Gasteiger partial charge in [0.15, 0.2) is 0 Å². The molecule has 0 amide bonds. The van der Waals surface area contributed by atoms with E-state index < -0.39 is 15.3 Å². The van der Waals surface area contributed by atoms with Gasteiger partial charge in [-0.3, -0.25) is 0 Å². The second-order valence-electron chi connectivity index (χ2n) is 4.20. The summed E-state index contributed by atoms with van der Waals surface area (Å²) in [5.74, 6) is 0.653. The van der Waals surface area contributed by atoms with Crippen LogP contribution in [-0.4, -0.2) is 26.3 Å². The van der Waals surface area contributed by atoms with Gasteiger partial charge in [0.25, 0.3) is 0 Å². The number of rotatable bonds is 5. The van der Waals surface area contributed by atoms with Crippen LogP contribution < -0.4 is 10.5 Å². The second-order valence-corrected chi connectivity index (χ2v) is 6.19. The second kappa shape index (κ2) is 4.59. The van der Waals surface area contributed by atoms with Crippen LogP contribution in [-0.2, 0) is 10.0 Å². The average molecular weight is 220 g/mol. The monoisotopic (exact) mass is 220 g/mol. The first-order valence-electron chi connectivity index (χ1n) is 5.20. The molecule has 1 saturated carbocycles. The molecular weight excluding hydrogens is 200 g/mol. The van der Waals surface area contributed by atoms with Crippen LogP contribution in [0, 0.1) is 5.92 Å². The number of nitrogens with one attached hydrogen (secondary N) is 1. The molecule has 0 aliphatic heterocycles. The summed E-state index contributed by atoms with van der Waals surface area (Å²) in [5, 5.41) is -0.432. The molecule has 84 valence electrons. The van der Waals surface area contributed by atoms with Crippen molar-refractivity contribution < 1.29 is 8.42 Å². The molecule has 0 bridgehead atoms. The minimum absolute atomic E-state index is 0.149. The Hall–Kier alpha value is -0.130. The molecule has 0 saturated heterocycles. The smallest absolute Gasteiger partial charge is 0.215 e. The lowest BCUT2D eigenvalue weighted by Crippen LogP contribution is -2.48. The van der Waals surface area contributed by atoms with Crippen molar-refractivity contribution in [1.82, 2.24) is 4.72 Å². The van der Waals surface area contributed by atoms with Crippen LogP contribution in [0.5, 0.6) is 0 Å². The van der Waals surface area contributed by atoms with Crippen molar-refractivity contribution >= 4 is 10.0 Å². The van der Waals surface area contributed by atoms with E-state index in [2.05, 4.69) is 11.6 Å². The molecule has 0 spiro atoms. The Morgan fingerprint density at radius 3 is 2.43 bits per heavy atom. The highest BCUT2D eigenvalue weighted by molar-refractivity contribution is 7.90. The number of hydrogen-bond donors (Lipinski definition) is 2. The predicted octanol–water partition coefficient (Wildman–Crippen LogP) is 0.442. The molecular formula is C9H20N2O2S. The van der Waals surface area contributed by atoms with Crippen molar-refractivity contribution in [2.24, 2.45) is 11.7 Å². The third kappa shape index (κ3) is 2.68. The fraction of sp³-hybridized carbons (Fsp3) is 1.00. The summed E-state index contributed by atoms with van der Waals surface area (Å²) in [4.78, 5) is 0. The Morgan fingerprint density at radius 2 is 2.07 bits per heavy atom. The van der Waals surface area contributed by atoms with E-state index in [-0.39, 0.29) is 12.6 Å². The minimum Gasteiger partial charge on any atom is -0.329 e. The van der Waals surface area contributed by atoms with Crippen LogP contribution in [0.2, 0.25) is 0 Å². The summed E-state index contributed by atoms with van der Waals surface area (Å²) in [6, 6.07) is 0.149. The molecule has 0 aromatic rings. The number of hydrogen-bond acceptors (Lipinski definition) is 3. The van der Waals surface area contributed by atoms with Crippen LogP contribution in [0.1, 0.15) is 33.1 Å². The fourth-order valence-electron chi connectivity index (χ4n) is 1.84. The predicted molar refractivity (Wildman–Crippen MR) is 57.4 cm³/mol. The van der Waals surface area contributed by atoms with E-state index in [9.17, 15) is 8.42 Å². The van der Waals surface area contributed by atoms with Crippen LogP contribution in [0.15, 0.2) is 0 Å². The fourth-order valence-corrected chi connectivity index (χ4v) is 3.38. The first kappa shape index (κ1) is 11.9. The summed E-state index contributed by atoms with van der Waals surface area (Å²) < 4.78 is 26.1. The molecule has 1 aliphatic carbocycles. The Bertz CT molecular complexity index is 267. The van der Waals surface area contributed by atoms with Gasteiger partial charge in [0.1, 0.15) is 0 Å². The zero-order valence-corrected chi connectivity index (χ0v) is 9.68. The minimum atomic E-state index is -3.18. The summed E-state index contributed by atoms with van der Waals surface area (Å²) in [6.07, 6.45) is 2.49. The number of nitrogens with two attached hydrogens (primary N) is 1. The van der Waals surface area contributed by atoms with Gasteiger partial charge in [0, 0.05) is 12.6 Å². The average Bonchev–Trinajstić information content (AvgIpc) is 2.02. The maximum atomic E-state index is 11.7. The molecule has 0 aromatic heterocycles. The van der Waals surface area contributed by atoms with Gasteiger partial charge in [-0.1, -0.05) is 13.8 Å². The van der Waals surface area contributed by atoms with Crippen LogP contribution in [0.4, 0.5) is 0 Å². The third-order valence-corrected chi connectivity index (χ3v) is 4.93. The lowest BCUT2D eigenvalue weighted by atomic mass is 9.83. The number of sulfonamides is 1. The Labute approximate surface area is 86.3 Å². The standard InChI is InChI=1S/C9H20N2O2S/c1-3-9(6-10)14(12,13)11-8-4-7(2)5-8/h7-9,11H,3-6,10H2,1-2H3. The maximum Gasteiger partial charge on any atom is 0.215 e. The highest BCUT2D eigenvalue weighted by Crippen LogP contribution is 2.27. The topological polar surface area (TPSA) is 72.2 Å². The van der Waals surface area contributed by atoms with Gasteiger partial charge >= 0.3 is 0 Å². The summed E-state index contributed by atoms with van der Waals surface area (Å²) in [5.41, 5.74) is 5.41. The van der Waals surface area contributed by atoms with Gasteiger partial charge in [-0.25, -0.2) is 13.1 Å². The SMILES string of the molecule is CCC(CN)S(=O)(=O)NC1CC(C)C1. The van der Waals surface area contributed by atoms with Crippen molar-refractivity contribution in [1.29, 1.82) is 0 Å². The zero-order valence-electron chi connectivity index (χ0n) is 8.86. The first-order valence-corrected chi connectivity index (χ1v) is 6.75. The first-order chi connectivity index (χ1) is 6.49. The van der Waals surface area contributed by atoms with E-state index in [0.29, 0.717) is 12.3 Å². The summed E-state index contributed by atoms with van der Waals surface area (Å²) in [7, 11) is -3.18. The van der Waals surface area contributed by atoms with E-state index in [4.69, 9.17) is 5.73 Å². The highest BCUT2D eigenvalue weighted by Gasteiger charge is 2.31. The molecule has 4 nitrogen and oxygen atoms in total. The molecule has 1 unspecified atom stereocenters. The quantitative estimate of drug-likeness (QED) is 0.706. The molecule has 0 aromatic carbocycles. The largest absolute Gasteiger partial charge is 0.329 e. The van der Waals surface area contributed by atoms with Crippen molar-refractivity contribution in [2.45, 2.75) is 44.4 Å². The summed E-state index contributed by atoms with van der Waals surface area (Å²) in [6.45, 7) is 4.18. The van der Waals surface area contributed by atoms with Gasteiger partial charge in [-0.2, -0.15) is 0 Å². The third-order valence-electron chi connectivity index (χ3n) is 2.86. The Balaban J connectivity index is 2.49. The van der Waals surface area contributed by atoms with Gasteiger partial charge < -0.3 is 5.73 Å². The molecule has 1 atom stereocenters. The van der Waals surface area contributed by atoms with Gasteiger partial charge in [-0.15, -0.1) is 0 Å². The van der Waals surface area contributed by atoms with E-state index in [1.807, 2.05) is 6.92 Å². The maximum absolute atomic E-state index is 11.7. The van der Waals surface area contributed by atoms with E-state index in [1.54, 1.807) is 0 Å². The lowest BCUT2D eigenvalue weighted by molar-refractivity contribution is 0.269. The van der Waals surface area contributed by atoms with E-state index >= 15 is 0 Å². The Kier molecular flexibility index (Phi) is 3.92. The van der Waals surface area contributed by atoms with E-state index in [0.717, 1.165) is 12.8 Å². The molecule has 1 fully saturated rings. The van der Waals surface area contributed by atoms with Crippen molar-refractivity contribution in [2.75, 3.05) is 6.54 Å². The van der Waals surface area contributed by atoms with Gasteiger partial charge in [0.2, 0.25) is 10.0 Å². The van der Waals surface area contributed by atoms with Gasteiger partial charge in [0.05, 0.1) is 5.25 Å². The molecule has 1 aliphatic rings. The summed E-state index contributed by atoms with van der Waals surface area (Å²) >= 11 is 0. The molecule has 0 radical (unpaired) electrons. The zero-order chi connectivity index (χ0) is 10.8. The van der Waals surface area contributed by atoms with Crippen molar-refractivity contribution in [3.63, 3.8) is 0 Å². The Morgan fingerprint density at radius 1 is 1.50 bits per heavy atom. The van der Waals surface area contributed by atoms with Crippen molar-refractivity contribution in [3.05, 3.63) is 0 Å². The normalized spacial score (nSPS) is 29.6. The van der Waals surface area contributed by atoms with Gasteiger partial charge in [-0.05, 0) is 25.2 Å². The van der Waals surface area contributed by atoms with E-state index in [1.165, 1.54) is 0 Å². The molecule has 0 heterocycles.